The maximum Gasteiger partial charge on any atom is 0.241 e. The Hall–Kier alpha value is -1.10. The summed E-state index contributed by atoms with van der Waals surface area (Å²) >= 11 is 0. The van der Waals surface area contributed by atoms with Gasteiger partial charge in [-0.3, -0.25) is 4.98 Å². The number of nitrogens with zero attached hydrogens (tertiary/aromatic N) is 1. The number of unbranched alkanes of at least 4 members (excludes halogenated alkanes) is 1. The van der Waals surface area contributed by atoms with Gasteiger partial charge in [0.1, 0.15) is 12.4 Å². The zero-order valence-corrected chi connectivity index (χ0v) is 7.42. The van der Waals surface area contributed by atoms with Crippen LogP contribution in [0.25, 0.3) is 0 Å². The van der Waals surface area contributed by atoms with Gasteiger partial charge in [0.15, 0.2) is 0 Å². The molecule has 1 aromatic heterocycles. The summed E-state index contributed by atoms with van der Waals surface area (Å²) in [4.78, 5) is 2.91. The third-order valence-corrected chi connectivity index (χ3v) is 1.98. The molecule has 4 nitrogen and oxygen atoms in total. The van der Waals surface area contributed by atoms with Crippen LogP contribution in [0.4, 0.5) is 0 Å². The molecule has 0 saturated heterocycles. The Labute approximate surface area is 72.4 Å². The minimum atomic E-state index is -2.01. The number of H-pyrrole nitrogens is 1. The predicted octanol–water partition coefficient (Wildman–Crippen LogP) is -0.236. The van der Waals surface area contributed by atoms with E-state index in [0.29, 0.717) is 6.42 Å². The van der Waals surface area contributed by atoms with Gasteiger partial charge >= 0.3 is 0 Å². The molecule has 5 heteroatoms. The highest BCUT2D eigenvalue weighted by atomic mass is 32.2. The van der Waals surface area contributed by atoms with Crippen molar-refractivity contribution in [1.82, 2.24) is 4.98 Å². The second-order valence-corrected chi connectivity index (χ2v) is 3.27. The van der Waals surface area contributed by atoms with Gasteiger partial charge in [-0.05, 0) is 12.8 Å². The van der Waals surface area contributed by atoms with Crippen LogP contribution in [0.5, 0.6) is 0 Å². The van der Waals surface area contributed by atoms with Gasteiger partial charge in [-0.15, -0.1) is 0 Å². The number of aromatic amines is 1. The third kappa shape index (κ3) is 3.34. The van der Waals surface area contributed by atoms with E-state index >= 15 is 0 Å². The van der Waals surface area contributed by atoms with E-state index in [4.69, 9.17) is 0 Å². The molecular formula is C7H11N2O2S+. The van der Waals surface area contributed by atoms with Gasteiger partial charge in [0.25, 0.3) is 0 Å². The van der Waals surface area contributed by atoms with Crippen LogP contribution in [-0.4, -0.2) is 18.8 Å². The van der Waals surface area contributed by atoms with Crippen LogP contribution in [0, 0.1) is 0 Å². The molecule has 0 saturated carbocycles. The van der Waals surface area contributed by atoms with Crippen LogP contribution in [0.2, 0.25) is 0 Å². The van der Waals surface area contributed by atoms with Crippen molar-refractivity contribution in [2.75, 3.05) is 0 Å². The Balaban J connectivity index is 2.24. The molecule has 0 spiro atoms. The van der Waals surface area contributed by atoms with Crippen LogP contribution >= 0.6 is 0 Å². The van der Waals surface area contributed by atoms with Crippen molar-refractivity contribution in [2.45, 2.75) is 19.4 Å². The molecule has 0 aliphatic rings. The zero-order chi connectivity index (χ0) is 8.81. The van der Waals surface area contributed by atoms with Crippen molar-refractivity contribution >= 4 is 15.7 Å². The number of nitrogens with one attached hydrogen (secondary N) is 1. The van der Waals surface area contributed by atoms with Crippen molar-refractivity contribution < 1.29 is 13.0 Å². The van der Waals surface area contributed by atoms with E-state index in [0.717, 1.165) is 13.0 Å². The second kappa shape index (κ2) is 4.71. The monoisotopic (exact) mass is 187 g/mol. The van der Waals surface area contributed by atoms with Crippen molar-refractivity contribution in [3.8, 4) is 0 Å². The first kappa shape index (κ1) is 8.99. The summed E-state index contributed by atoms with van der Waals surface area (Å²) in [6.07, 6.45) is 7.03. The minimum absolute atomic E-state index is 0.605. The molecule has 0 bridgehead atoms. The van der Waals surface area contributed by atoms with E-state index in [9.17, 15) is 8.42 Å². The van der Waals surface area contributed by atoms with Crippen molar-refractivity contribution in [3.05, 3.63) is 18.7 Å². The van der Waals surface area contributed by atoms with Crippen LogP contribution in [0.1, 0.15) is 12.8 Å². The molecule has 0 unspecified atom stereocenters. The summed E-state index contributed by atoms with van der Waals surface area (Å²) in [6, 6.07) is 0. The molecule has 0 atom stereocenters. The van der Waals surface area contributed by atoms with Crippen LogP contribution < -0.4 is 4.57 Å². The van der Waals surface area contributed by atoms with E-state index in [1.165, 1.54) is 5.37 Å². The smallest absolute Gasteiger partial charge is 0.241 e. The standard InChI is InChI=1S/C7H10N2O2S/c10-12(11)6-2-1-4-9-5-3-8-7-9/h3,5-7H,1-2,4H2/p+1. The predicted molar refractivity (Wildman–Crippen MR) is 45.2 cm³/mol. The van der Waals surface area contributed by atoms with Gasteiger partial charge in [-0.1, -0.05) is 0 Å². The normalized spacial score (nSPS) is 9.67. The van der Waals surface area contributed by atoms with E-state index in [-0.39, 0.29) is 0 Å². The fourth-order valence-corrected chi connectivity index (χ4v) is 1.27. The fourth-order valence-electron chi connectivity index (χ4n) is 0.913. The molecule has 12 heavy (non-hydrogen) atoms. The number of rotatable bonds is 4. The number of aryl methyl sites for hydroxylation is 1. The molecular weight excluding hydrogens is 176 g/mol. The lowest BCUT2D eigenvalue weighted by Gasteiger charge is -1.90. The Morgan fingerprint density at radius 3 is 2.92 bits per heavy atom. The largest absolute Gasteiger partial charge is 0.250 e. The summed E-state index contributed by atoms with van der Waals surface area (Å²) in [5.41, 5.74) is 0. The summed E-state index contributed by atoms with van der Waals surface area (Å²) in [6.45, 7) is 0.844. The Morgan fingerprint density at radius 2 is 2.33 bits per heavy atom. The van der Waals surface area contributed by atoms with Crippen molar-refractivity contribution in [2.24, 2.45) is 0 Å². The van der Waals surface area contributed by atoms with E-state index in [2.05, 4.69) is 4.98 Å². The van der Waals surface area contributed by atoms with Gasteiger partial charge in [0.2, 0.25) is 16.6 Å². The highest BCUT2D eigenvalue weighted by Crippen LogP contribution is 1.83. The fraction of sp³-hybridized carbons (Fsp3) is 0.429. The molecule has 0 aromatic carbocycles. The average Bonchev–Trinajstić information content (AvgIpc) is 2.49. The lowest BCUT2D eigenvalue weighted by Crippen LogP contribution is -2.30. The molecule has 1 N–H and O–H groups in total. The zero-order valence-electron chi connectivity index (χ0n) is 6.60. The lowest BCUT2D eigenvalue weighted by atomic mass is 10.3. The number of hydrogen-bond acceptors (Lipinski definition) is 2. The summed E-state index contributed by atoms with van der Waals surface area (Å²) in [5.74, 6) is 0. The van der Waals surface area contributed by atoms with Crippen molar-refractivity contribution in [1.29, 1.82) is 0 Å². The topological polar surface area (TPSA) is 53.8 Å². The van der Waals surface area contributed by atoms with Gasteiger partial charge in [0, 0.05) is 5.37 Å². The molecule has 0 aliphatic carbocycles. The third-order valence-electron chi connectivity index (χ3n) is 1.48. The number of aromatic nitrogens is 2. The highest BCUT2D eigenvalue weighted by molar-refractivity contribution is 7.71. The van der Waals surface area contributed by atoms with E-state index < -0.39 is 10.3 Å². The molecule has 1 aromatic rings. The highest BCUT2D eigenvalue weighted by Gasteiger charge is 1.94. The van der Waals surface area contributed by atoms with E-state index in [1.807, 2.05) is 23.3 Å². The molecule has 0 radical (unpaired) electrons. The van der Waals surface area contributed by atoms with Crippen LogP contribution in [0.15, 0.2) is 18.7 Å². The maximum atomic E-state index is 10.1. The molecule has 0 aliphatic heterocycles. The Morgan fingerprint density at radius 1 is 1.50 bits per heavy atom. The van der Waals surface area contributed by atoms with Gasteiger partial charge in [-0.2, -0.15) is 8.42 Å². The molecule has 0 amide bonds. The Kier molecular flexibility index (Phi) is 3.53. The first-order valence-corrected chi connectivity index (χ1v) is 4.86. The second-order valence-electron chi connectivity index (χ2n) is 2.42. The Bertz CT molecular complexity index is 331. The number of imidazole rings is 1. The molecule has 0 fully saturated rings. The van der Waals surface area contributed by atoms with Crippen LogP contribution in [0.3, 0.4) is 0 Å². The molecule has 1 heterocycles. The quantitative estimate of drug-likeness (QED) is 0.402. The number of hydrogen-bond donors (Lipinski definition) is 1. The summed E-state index contributed by atoms with van der Waals surface area (Å²) in [5, 5.41) is 1.28. The van der Waals surface area contributed by atoms with Gasteiger partial charge in [0.05, 0.1) is 6.54 Å². The average molecular weight is 187 g/mol. The lowest BCUT2D eigenvalue weighted by molar-refractivity contribution is -0.695. The van der Waals surface area contributed by atoms with Crippen LogP contribution in [-0.2, 0) is 16.8 Å². The molecule has 1 rings (SSSR count). The van der Waals surface area contributed by atoms with E-state index in [1.54, 1.807) is 0 Å². The summed E-state index contributed by atoms with van der Waals surface area (Å²) in [7, 11) is -2.01. The first-order valence-electron chi connectivity index (χ1n) is 3.72. The van der Waals surface area contributed by atoms with Crippen molar-refractivity contribution in [3.63, 3.8) is 0 Å². The van der Waals surface area contributed by atoms with Gasteiger partial charge < -0.3 is 0 Å². The summed E-state index contributed by atoms with van der Waals surface area (Å²) < 4.78 is 22.2. The first-order chi connectivity index (χ1) is 5.79. The maximum absolute atomic E-state index is 10.1. The van der Waals surface area contributed by atoms with Gasteiger partial charge in [-0.25, -0.2) is 4.57 Å². The molecule has 66 valence electrons. The minimum Gasteiger partial charge on any atom is -0.250 e. The SMILES string of the molecule is O=S(=O)=CCCC[n+]1cc[nH]c1.